The van der Waals surface area contributed by atoms with E-state index in [-0.39, 0.29) is 0 Å². The first kappa shape index (κ1) is 19.3. The summed E-state index contributed by atoms with van der Waals surface area (Å²) in [7, 11) is 0. The van der Waals surface area contributed by atoms with Crippen molar-refractivity contribution >= 4 is 43.2 Å². The van der Waals surface area contributed by atoms with Crippen LogP contribution in [0.3, 0.4) is 0 Å². The number of rotatable bonds is 3. The summed E-state index contributed by atoms with van der Waals surface area (Å²) in [6.07, 6.45) is 1.84. The van der Waals surface area contributed by atoms with Gasteiger partial charge in [-0.05, 0) is 82.6 Å². The molecule has 0 saturated heterocycles. The molecule has 34 heavy (non-hydrogen) atoms. The van der Waals surface area contributed by atoms with E-state index in [1.54, 1.807) is 11.3 Å². The van der Waals surface area contributed by atoms with Crippen LogP contribution in [0.1, 0.15) is 0 Å². The van der Waals surface area contributed by atoms with E-state index >= 15 is 0 Å². The van der Waals surface area contributed by atoms with Gasteiger partial charge in [0, 0.05) is 32.9 Å². The van der Waals surface area contributed by atoms with Gasteiger partial charge in [0.2, 0.25) is 0 Å². The van der Waals surface area contributed by atoms with Crippen LogP contribution in [0, 0.1) is 0 Å². The van der Waals surface area contributed by atoms with Crippen LogP contribution in [0.15, 0.2) is 121 Å². The predicted molar refractivity (Wildman–Crippen MR) is 145 cm³/mol. The third-order valence-electron chi connectivity index (χ3n) is 6.51. The Labute approximate surface area is 201 Å². The van der Waals surface area contributed by atoms with Gasteiger partial charge in [-0.2, -0.15) is 0 Å². The fourth-order valence-electron chi connectivity index (χ4n) is 4.90. The van der Waals surface area contributed by atoms with E-state index in [1.165, 1.54) is 48.7 Å². The van der Waals surface area contributed by atoms with Gasteiger partial charge in [0.15, 0.2) is 0 Å². The molecule has 7 aromatic rings. The van der Waals surface area contributed by atoms with Crippen molar-refractivity contribution in [2.24, 2.45) is 0 Å². The first-order chi connectivity index (χ1) is 16.8. The maximum absolute atomic E-state index is 4.53. The van der Waals surface area contributed by atoms with E-state index in [4.69, 9.17) is 0 Å². The molecule has 0 bridgehead atoms. The Kier molecular flexibility index (Phi) is 4.36. The smallest absolute Gasteiger partial charge is 0.0702 e. The Morgan fingerprint density at radius 1 is 0.588 bits per heavy atom. The molecule has 3 aromatic heterocycles. The van der Waals surface area contributed by atoms with Gasteiger partial charge in [0.1, 0.15) is 0 Å². The molecule has 0 radical (unpaired) electrons. The molecule has 7 rings (SSSR count). The van der Waals surface area contributed by atoms with Crippen LogP contribution < -0.4 is 0 Å². The fourth-order valence-corrected chi connectivity index (χ4v) is 5.71. The third-order valence-corrected chi connectivity index (χ3v) is 7.39. The zero-order valence-electron chi connectivity index (χ0n) is 18.3. The molecular weight excluding hydrogens is 432 g/mol. The minimum atomic E-state index is 0.992. The van der Waals surface area contributed by atoms with Gasteiger partial charge in [-0.15, -0.1) is 11.3 Å². The summed E-state index contributed by atoms with van der Waals surface area (Å²) < 4.78 is 3.70. The highest BCUT2D eigenvalue weighted by Gasteiger charge is 2.15. The van der Waals surface area contributed by atoms with Gasteiger partial charge in [0.25, 0.3) is 0 Å². The summed E-state index contributed by atoms with van der Waals surface area (Å²) in [6.45, 7) is 0. The average Bonchev–Trinajstić information content (AvgIpc) is 3.50. The van der Waals surface area contributed by atoms with Gasteiger partial charge in [-0.3, -0.25) is 4.98 Å². The number of nitrogens with zero attached hydrogens (tertiary/aromatic N) is 2. The Morgan fingerprint density at radius 2 is 1.41 bits per heavy atom. The number of pyridine rings is 1. The standard InChI is InChI=1S/C31H20N2S/c1-2-9-25(10-3-1)33-29-13-12-22(21-7-6-8-23(17-21)28-11-4-5-15-32-28)18-26(29)27-19-24-14-16-34-31(24)20-30(27)33/h1-20H. The van der Waals surface area contributed by atoms with Gasteiger partial charge in [0.05, 0.1) is 16.7 Å². The molecule has 0 spiro atoms. The lowest BCUT2D eigenvalue weighted by molar-refractivity contribution is 1.18. The van der Waals surface area contributed by atoms with Crippen molar-refractivity contribution in [3.63, 3.8) is 0 Å². The van der Waals surface area contributed by atoms with Gasteiger partial charge < -0.3 is 4.57 Å². The Bertz CT molecular complexity index is 1790. The van der Waals surface area contributed by atoms with Crippen molar-refractivity contribution in [1.82, 2.24) is 9.55 Å². The van der Waals surface area contributed by atoms with E-state index in [9.17, 15) is 0 Å². The number of benzene rings is 4. The van der Waals surface area contributed by atoms with Crippen molar-refractivity contribution in [3.8, 4) is 28.1 Å². The highest BCUT2D eigenvalue weighted by molar-refractivity contribution is 7.17. The molecule has 4 aromatic carbocycles. The minimum Gasteiger partial charge on any atom is -0.309 e. The number of hydrogen-bond donors (Lipinski definition) is 0. The summed E-state index contributed by atoms with van der Waals surface area (Å²) in [5.41, 5.74) is 8.18. The number of thiophene rings is 1. The van der Waals surface area contributed by atoms with Crippen molar-refractivity contribution in [1.29, 1.82) is 0 Å². The zero-order chi connectivity index (χ0) is 22.5. The van der Waals surface area contributed by atoms with Crippen LogP contribution in [0.4, 0.5) is 0 Å². The molecule has 0 aliphatic rings. The summed E-state index contributed by atoms with van der Waals surface area (Å²) in [4.78, 5) is 4.53. The lowest BCUT2D eigenvalue weighted by atomic mass is 9.99. The maximum atomic E-state index is 4.53. The lowest BCUT2D eigenvalue weighted by Crippen LogP contribution is -1.93. The number of fused-ring (bicyclic) bond motifs is 4. The molecular formula is C31H20N2S. The molecule has 0 saturated carbocycles. The zero-order valence-corrected chi connectivity index (χ0v) is 19.2. The first-order valence-corrected chi connectivity index (χ1v) is 12.3. The summed E-state index contributed by atoms with van der Waals surface area (Å²) in [6, 6.07) is 39.1. The fraction of sp³-hybridized carbons (Fsp3) is 0. The molecule has 0 fully saturated rings. The molecule has 0 N–H and O–H groups in total. The molecule has 0 aliphatic heterocycles. The average molecular weight is 453 g/mol. The normalized spacial score (nSPS) is 11.5. The SMILES string of the molecule is c1ccc(-n2c3ccc(-c4cccc(-c5ccccn5)c4)cc3c3cc4ccsc4cc32)cc1. The largest absolute Gasteiger partial charge is 0.309 e. The molecule has 3 heteroatoms. The minimum absolute atomic E-state index is 0.992. The van der Waals surface area contributed by atoms with E-state index < -0.39 is 0 Å². The van der Waals surface area contributed by atoms with E-state index in [1.807, 2.05) is 18.3 Å². The second kappa shape index (κ2) is 7.68. The second-order valence-corrected chi connectivity index (χ2v) is 9.47. The van der Waals surface area contributed by atoms with Crippen LogP contribution in [0.25, 0.3) is 60.0 Å². The molecule has 0 unspecified atom stereocenters. The molecule has 3 heterocycles. The van der Waals surface area contributed by atoms with Crippen molar-refractivity contribution in [2.45, 2.75) is 0 Å². The Hall–Kier alpha value is -4.21. The lowest BCUT2D eigenvalue weighted by Gasteiger charge is -2.09. The van der Waals surface area contributed by atoms with Gasteiger partial charge >= 0.3 is 0 Å². The molecule has 160 valence electrons. The molecule has 0 atom stereocenters. The Balaban J connectivity index is 1.48. The van der Waals surface area contributed by atoms with E-state index in [0.29, 0.717) is 0 Å². The predicted octanol–water partition coefficient (Wildman–Crippen LogP) is 8.73. The third kappa shape index (κ3) is 3.06. The van der Waals surface area contributed by atoms with Crippen LogP contribution in [0.2, 0.25) is 0 Å². The van der Waals surface area contributed by atoms with Crippen LogP contribution in [0.5, 0.6) is 0 Å². The summed E-state index contributed by atoms with van der Waals surface area (Å²) in [5, 5.41) is 6.03. The van der Waals surface area contributed by atoms with Gasteiger partial charge in [-0.1, -0.05) is 48.5 Å². The van der Waals surface area contributed by atoms with E-state index in [2.05, 4.69) is 112 Å². The molecule has 0 amide bonds. The van der Waals surface area contributed by atoms with Crippen LogP contribution >= 0.6 is 11.3 Å². The van der Waals surface area contributed by atoms with Crippen LogP contribution in [-0.4, -0.2) is 9.55 Å². The monoisotopic (exact) mass is 452 g/mol. The highest BCUT2D eigenvalue weighted by atomic mass is 32.1. The topological polar surface area (TPSA) is 17.8 Å². The first-order valence-electron chi connectivity index (χ1n) is 11.4. The maximum Gasteiger partial charge on any atom is 0.0702 e. The summed E-state index contributed by atoms with van der Waals surface area (Å²) in [5.74, 6) is 0. The summed E-state index contributed by atoms with van der Waals surface area (Å²) >= 11 is 1.80. The second-order valence-electron chi connectivity index (χ2n) is 8.53. The van der Waals surface area contributed by atoms with Crippen molar-refractivity contribution < 1.29 is 0 Å². The highest BCUT2D eigenvalue weighted by Crippen LogP contribution is 2.38. The van der Waals surface area contributed by atoms with Crippen LogP contribution in [-0.2, 0) is 0 Å². The molecule has 0 aliphatic carbocycles. The number of aromatic nitrogens is 2. The van der Waals surface area contributed by atoms with E-state index in [0.717, 1.165) is 11.3 Å². The quantitative estimate of drug-likeness (QED) is 0.262. The van der Waals surface area contributed by atoms with Gasteiger partial charge in [-0.25, -0.2) is 0 Å². The Morgan fingerprint density at radius 3 is 2.29 bits per heavy atom. The van der Waals surface area contributed by atoms with Crippen molar-refractivity contribution in [3.05, 3.63) is 121 Å². The molecule has 2 nitrogen and oxygen atoms in total. The number of hydrogen-bond acceptors (Lipinski definition) is 2. The number of para-hydroxylation sites is 1. The van der Waals surface area contributed by atoms with Crippen molar-refractivity contribution in [2.75, 3.05) is 0 Å².